The van der Waals surface area contributed by atoms with E-state index in [9.17, 15) is 0 Å². The molecule has 1 aliphatic rings. The summed E-state index contributed by atoms with van der Waals surface area (Å²) < 4.78 is 10.7. The molecule has 1 aliphatic carbocycles. The van der Waals surface area contributed by atoms with Gasteiger partial charge in [0.2, 0.25) is 0 Å². The first kappa shape index (κ1) is 14.4. The Kier molecular flexibility index (Phi) is 5.67. The number of hydrogen-bond acceptors (Lipinski definition) is 3. The summed E-state index contributed by atoms with van der Waals surface area (Å²) >= 11 is 0. The minimum Gasteiger partial charge on any atom is -0.384 e. The number of hydrogen-bond donors (Lipinski definition) is 1. The summed E-state index contributed by atoms with van der Waals surface area (Å²) in [6.07, 6.45) is 6.15. The topological polar surface area (TPSA) is 30.5 Å². The average Bonchev–Trinajstić information content (AvgIpc) is 2.46. The van der Waals surface area contributed by atoms with Crippen LogP contribution in [0.3, 0.4) is 0 Å². The number of ether oxygens (including phenoxy) is 2. The van der Waals surface area contributed by atoms with Gasteiger partial charge in [-0.2, -0.15) is 0 Å². The highest BCUT2D eigenvalue weighted by atomic mass is 16.5. The van der Waals surface area contributed by atoms with Crippen molar-refractivity contribution in [1.82, 2.24) is 0 Å². The van der Waals surface area contributed by atoms with E-state index in [-0.39, 0.29) is 0 Å². The molecule has 0 heterocycles. The molecular weight excluding hydrogens is 238 g/mol. The molecule has 1 fully saturated rings. The second-order valence-electron chi connectivity index (χ2n) is 5.27. The standard InChI is InChI=1S/C16H25NO2/c1-18-11-10-13-6-3-4-9-16(13)17-14-7-5-8-15(12-14)19-2/h3-4,6,9,14-15,17H,5,7-8,10-12H2,1-2H3. The molecule has 0 spiro atoms. The lowest BCUT2D eigenvalue weighted by Crippen LogP contribution is -2.31. The van der Waals surface area contributed by atoms with Crippen LogP contribution in [0.1, 0.15) is 31.2 Å². The molecule has 0 aliphatic heterocycles. The number of benzene rings is 1. The number of anilines is 1. The quantitative estimate of drug-likeness (QED) is 0.854. The van der Waals surface area contributed by atoms with Gasteiger partial charge in [-0.25, -0.2) is 0 Å². The van der Waals surface area contributed by atoms with E-state index in [4.69, 9.17) is 9.47 Å². The molecular formula is C16H25NO2. The molecule has 3 heteroatoms. The van der Waals surface area contributed by atoms with E-state index >= 15 is 0 Å². The van der Waals surface area contributed by atoms with Crippen molar-refractivity contribution in [2.75, 3.05) is 26.1 Å². The Hall–Kier alpha value is -1.06. The van der Waals surface area contributed by atoms with Gasteiger partial charge in [0.1, 0.15) is 0 Å². The highest BCUT2D eigenvalue weighted by Gasteiger charge is 2.21. The molecule has 0 bridgehead atoms. The first-order valence-electron chi connectivity index (χ1n) is 7.19. The molecule has 0 radical (unpaired) electrons. The molecule has 106 valence electrons. The van der Waals surface area contributed by atoms with Crippen LogP contribution >= 0.6 is 0 Å². The molecule has 2 atom stereocenters. The average molecular weight is 263 g/mol. The van der Waals surface area contributed by atoms with Crippen LogP contribution in [0.15, 0.2) is 24.3 Å². The Balaban J connectivity index is 1.97. The van der Waals surface area contributed by atoms with Crippen molar-refractivity contribution in [3.05, 3.63) is 29.8 Å². The third-order valence-electron chi connectivity index (χ3n) is 3.91. The van der Waals surface area contributed by atoms with E-state index in [1.54, 1.807) is 7.11 Å². The molecule has 19 heavy (non-hydrogen) atoms. The maximum Gasteiger partial charge on any atom is 0.0590 e. The molecule has 1 aromatic rings. The van der Waals surface area contributed by atoms with Crippen LogP contribution in [0.4, 0.5) is 5.69 Å². The summed E-state index contributed by atoms with van der Waals surface area (Å²) in [7, 11) is 3.57. The lowest BCUT2D eigenvalue weighted by atomic mass is 9.92. The predicted molar refractivity (Wildman–Crippen MR) is 78.7 cm³/mol. The lowest BCUT2D eigenvalue weighted by Gasteiger charge is -2.30. The van der Waals surface area contributed by atoms with Crippen molar-refractivity contribution in [1.29, 1.82) is 0 Å². The molecule has 0 aromatic heterocycles. The SMILES string of the molecule is COCCc1ccccc1NC1CCCC(OC)C1. The fraction of sp³-hybridized carbons (Fsp3) is 0.625. The zero-order valence-electron chi connectivity index (χ0n) is 12.0. The van der Waals surface area contributed by atoms with E-state index in [0.29, 0.717) is 12.1 Å². The van der Waals surface area contributed by atoms with E-state index in [1.165, 1.54) is 30.5 Å². The zero-order valence-corrected chi connectivity index (χ0v) is 12.0. The van der Waals surface area contributed by atoms with Crippen molar-refractivity contribution in [3.8, 4) is 0 Å². The summed E-state index contributed by atoms with van der Waals surface area (Å²) in [6, 6.07) is 9.06. The van der Waals surface area contributed by atoms with Gasteiger partial charge in [-0.1, -0.05) is 18.2 Å². The maximum absolute atomic E-state index is 5.49. The van der Waals surface area contributed by atoms with Gasteiger partial charge < -0.3 is 14.8 Å². The van der Waals surface area contributed by atoms with Crippen LogP contribution in [0.25, 0.3) is 0 Å². The molecule has 0 saturated heterocycles. The van der Waals surface area contributed by atoms with Crippen LogP contribution in [0.5, 0.6) is 0 Å². The van der Waals surface area contributed by atoms with Crippen LogP contribution < -0.4 is 5.32 Å². The normalized spacial score (nSPS) is 23.3. The fourth-order valence-corrected chi connectivity index (χ4v) is 2.80. The highest BCUT2D eigenvalue weighted by Crippen LogP contribution is 2.25. The number of rotatable bonds is 6. The third-order valence-corrected chi connectivity index (χ3v) is 3.91. The van der Waals surface area contributed by atoms with Crippen LogP contribution in [0, 0.1) is 0 Å². The summed E-state index contributed by atoms with van der Waals surface area (Å²) in [5.74, 6) is 0. The molecule has 2 unspecified atom stereocenters. The van der Waals surface area contributed by atoms with Crippen molar-refractivity contribution in [3.63, 3.8) is 0 Å². The number of methoxy groups -OCH3 is 2. The van der Waals surface area contributed by atoms with Crippen molar-refractivity contribution in [2.24, 2.45) is 0 Å². The van der Waals surface area contributed by atoms with Gasteiger partial charge in [-0.05, 0) is 43.7 Å². The Morgan fingerprint density at radius 1 is 1.21 bits per heavy atom. The fourth-order valence-electron chi connectivity index (χ4n) is 2.80. The number of nitrogens with one attached hydrogen (secondary N) is 1. The Morgan fingerprint density at radius 2 is 2.05 bits per heavy atom. The Labute approximate surface area is 116 Å². The first-order chi connectivity index (χ1) is 9.33. The van der Waals surface area contributed by atoms with E-state index < -0.39 is 0 Å². The molecule has 1 aromatic carbocycles. The predicted octanol–water partition coefficient (Wildman–Crippen LogP) is 3.25. The van der Waals surface area contributed by atoms with Gasteiger partial charge in [0.15, 0.2) is 0 Å². The maximum atomic E-state index is 5.49. The third kappa shape index (κ3) is 4.22. The Morgan fingerprint density at radius 3 is 2.84 bits per heavy atom. The van der Waals surface area contributed by atoms with Gasteiger partial charge in [-0.15, -0.1) is 0 Å². The van der Waals surface area contributed by atoms with Gasteiger partial charge >= 0.3 is 0 Å². The second kappa shape index (κ2) is 7.51. The summed E-state index contributed by atoms with van der Waals surface area (Å²) in [5, 5.41) is 3.69. The summed E-state index contributed by atoms with van der Waals surface area (Å²) in [6.45, 7) is 0.768. The van der Waals surface area contributed by atoms with Crippen molar-refractivity contribution in [2.45, 2.75) is 44.2 Å². The molecule has 1 N–H and O–H groups in total. The van der Waals surface area contributed by atoms with E-state index in [1.807, 2.05) is 7.11 Å². The smallest absolute Gasteiger partial charge is 0.0590 e. The van der Waals surface area contributed by atoms with Crippen LogP contribution in [-0.4, -0.2) is 33.0 Å². The second-order valence-corrected chi connectivity index (χ2v) is 5.27. The summed E-state index contributed by atoms with van der Waals surface area (Å²) in [5.41, 5.74) is 2.59. The molecule has 1 saturated carbocycles. The van der Waals surface area contributed by atoms with Gasteiger partial charge in [-0.3, -0.25) is 0 Å². The Bertz CT molecular complexity index is 381. The van der Waals surface area contributed by atoms with Crippen LogP contribution in [0.2, 0.25) is 0 Å². The van der Waals surface area contributed by atoms with Gasteiger partial charge in [0, 0.05) is 25.9 Å². The minimum atomic E-state index is 0.414. The summed E-state index contributed by atoms with van der Waals surface area (Å²) in [4.78, 5) is 0. The van der Waals surface area contributed by atoms with Gasteiger partial charge in [0.05, 0.1) is 12.7 Å². The molecule has 2 rings (SSSR count). The highest BCUT2D eigenvalue weighted by molar-refractivity contribution is 5.52. The largest absolute Gasteiger partial charge is 0.384 e. The molecule has 3 nitrogen and oxygen atoms in total. The van der Waals surface area contributed by atoms with E-state index in [2.05, 4.69) is 29.6 Å². The molecule has 0 amide bonds. The first-order valence-corrected chi connectivity index (χ1v) is 7.19. The van der Waals surface area contributed by atoms with Crippen LogP contribution in [-0.2, 0) is 15.9 Å². The van der Waals surface area contributed by atoms with Crippen molar-refractivity contribution < 1.29 is 9.47 Å². The van der Waals surface area contributed by atoms with Gasteiger partial charge in [0.25, 0.3) is 0 Å². The van der Waals surface area contributed by atoms with E-state index in [0.717, 1.165) is 19.4 Å². The lowest BCUT2D eigenvalue weighted by molar-refractivity contribution is 0.0669. The minimum absolute atomic E-state index is 0.414. The monoisotopic (exact) mass is 263 g/mol. The number of para-hydroxylation sites is 1. The van der Waals surface area contributed by atoms with Crippen molar-refractivity contribution >= 4 is 5.69 Å². The zero-order chi connectivity index (χ0) is 13.5.